The lowest BCUT2D eigenvalue weighted by Crippen LogP contribution is -2.62. The number of hydrogen-bond acceptors (Lipinski definition) is 10. The molecular weight excluding hydrogens is 675 g/mol. The van der Waals surface area contributed by atoms with Gasteiger partial charge < -0.3 is 29.1 Å². The smallest absolute Gasteiger partial charge is 0.493 e. The van der Waals surface area contributed by atoms with Crippen LogP contribution in [0.25, 0.3) is 0 Å². The van der Waals surface area contributed by atoms with Crippen molar-refractivity contribution in [3.8, 4) is 5.75 Å². The zero-order valence-corrected chi connectivity index (χ0v) is 28.1. The number of ether oxygens (including phenoxy) is 1. The van der Waals surface area contributed by atoms with Gasteiger partial charge in [0.05, 0.1) is 37.4 Å². The first-order valence-corrected chi connectivity index (χ1v) is 17.6. The van der Waals surface area contributed by atoms with E-state index in [0.717, 1.165) is 9.87 Å². The van der Waals surface area contributed by atoms with Crippen molar-refractivity contribution in [3.05, 3.63) is 52.0 Å². The van der Waals surface area contributed by atoms with E-state index >= 15 is 0 Å². The summed E-state index contributed by atoms with van der Waals surface area (Å²) >= 11 is 0. The number of carbonyl (C=O) groups excluding carboxylic acids is 3. The number of aryl methyl sites for hydroxylation is 1. The first-order valence-electron chi connectivity index (χ1n) is 16.0. The van der Waals surface area contributed by atoms with Gasteiger partial charge in [0.25, 0.3) is 0 Å². The number of halogens is 3. The molecule has 5 atom stereocenters. The zero-order valence-electron chi connectivity index (χ0n) is 27.3. The molecule has 3 aliphatic rings. The lowest BCUT2D eigenvalue weighted by atomic mass is 10.00. The van der Waals surface area contributed by atoms with Crippen molar-refractivity contribution in [3.63, 3.8) is 0 Å². The highest BCUT2D eigenvalue weighted by Gasteiger charge is 2.47. The summed E-state index contributed by atoms with van der Waals surface area (Å²) in [6, 6.07) is 2.93. The van der Waals surface area contributed by atoms with Crippen LogP contribution in [-0.2, 0) is 31.0 Å². The van der Waals surface area contributed by atoms with E-state index in [1.165, 1.54) is 23.6 Å². The number of rotatable bonds is 10. The van der Waals surface area contributed by atoms with E-state index in [1.807, 2.05) is 18.2 Å². The highest BCUT2D eigenvalue weighted by atomic mass is 32.2. The summed E-state index contributed by atoms with van der Waals surface area (Å²) < 4.78 is 81.8. The Morgan fingerprint density at radius 1 is 1.06 bits per heavy atom. The van der Waals surface area contributed by atoms with Crippen LogP contribution in [0.15, 0.2) is 37.9 Å². The molecule has 0 saturated carbocycles. The molecule has 3 amide bonds. The molecule has 0 radical (unpaired) electrons. The van der Waals surface area contributed by atoms with E-state index in [4.69, 9.17) is 13.6 Å². The molecule has 0 bridgehead atoms. The molecule has 0 spiro atoms. The Kier molecular flexibility index (Phi) is 10.8. The largest absolute Gasteiger partial charge is 0.519 e. The summed E-state index contributed by atoms with van der Waals surface area (Å²) in [6.07, 6.45) is -5.09. The normalized spacial score (nSPS) is 24.0. The minimum Gasteiger partial charge on any atom is -0.493 e. The van der Waals surface area contributed by atoms with E-state index in [1.54, 1.807) is 13.1 Å². The number of alkyl halides is 3. The van der Waals surface area contributed by atoms with Gasteiger partial charge in [0.15, 0.2) is 5.76 Å². The molecule has 2 N–H and O–H groups in total. The fourth-order valence-electron chi connectivity index (χ4n) is 6.47. The predicted molar refractivity (Wildman–Crippen MR) is 167 cm³/mol. The number of amides is 3. The first-order chi connectivity index (χ1) is 23.0. The maximum atomic E-state index is 14.3. The predicted octanol–water partition coefficient (Wildman–Crippen LogP) is 1.83. The highest BCUT2D eigenvalue weighted by Crippen LogP contribution is 2.34. The van der Waals surface area contributed by atoms with Gasteiger partial charge in [-0.05, 0) is 46.2 Å². The third-order valence-electron chi connectivity index (χ3n) is 9.35. The molecular formula is C31H40F3N5O9S. The van der Waals surface area contributed by atoms with Crippen LogP contribution < -0.4 is 21.2 Å². The lowest BCUT2D eigenvalue weighted by molar-refractivity contribution is -0.145. The van der Waals surface area contributed by atoms with Gasteiger partial charge >= 0.3 is 12.0 Å². The standard InChI is InChI=1S/C31H40F3N5O9S/c1-18(37(3)17-26-19(2)47-30(43)48-26)27(40)36-23-16-38(49(44,45)15-12-31(32,33)34)13-10-20-8-9-24(39(20)29(23)42)28(41)35-22-11-14-46-25-7-5-4-6-21(22)25/h4-7,18,20,22-24H,8-17H2,1-3H3,(H,35,41)(H,36,40)/t18-,20+,22+,23-,24-/m0/s1. The second-order valence-corrected chi connectivity index (χ2v) is 14.7. The zero-order chi connectivity index (χ0) is 35.7. The molecule has 0 unspecified atom stereocenters. The molecule has 5 rings (SSSR count). The van der Waals surface area contributed by atoms with Crippen molar-refractivity contribution in [2.75, 3.05) is 32.5 Å². The van der Waals surface area contributed by atoms with Crippen LogP contribution in [-0.4, -0.2) is 103 Å². The van der Waals surface area contributed by atoms with E-state index in [-0.39, 0.29) is 43.5 Å². The average molecular weight is 716 g/mol. The average Bonchev–Trinajstić information content (AvgIpc) is 3.60. The molecule has 1 aromatic heterocycles. The molecule has 4 heterocycles. The molecule has 270 valence electrons. The molecule has 49 heavy (non-hydrogen) atoms. The molecule has 2 saturated heterocycles. The van der Waals surface area contributed by atoms with Crippen LogP contribution in [0.5, 0.6) is 5.75 Å². The van der Waals surface area contributed by atoms with Crippen LogP contribution in [0.2, 0.25) is 0 Å². The van der Waals surface area contributed by atoms with Crippen molar-refractivity contribution in [2.45, 2.75) is 88.9 Å². The van der Waals surface area contributed by atoms with Gasteiger partial charge in [-0.3, -0.25) is 19.3 Å². The number of nitrogens with one attached hydrogen (secondary N) is 2. The van der Waals surface area contributed by atoms with Gasteiger partial charge in [-0.2, -0.15) is 17.5 Å². The van der Waals surface area contributed by atoms with Crippen molar-refractivity contribution in [2.24, 2.45) is 0 Å². The van der Waals surface area contributed by atoms with Gasteiger partial charge in [-0.1, -0.05) is 18.2 Å². The highest BCUT2D eigenvalue weighted by molar-refractivity contribution is 7.89. The SMILES string of the molecule is Cc1oc(=O)oc1CN(C)[C@@H](C)C(=O)N[C@H]1CN(S(=O)(=O)CCC(F)(F)F)CC[C@H]2CC[C@@H](C(=O)N[C@@H]3CCOc4ccccc43)N2C1=O. The molecule has 14 nitrogen and oxygen atoms in total. The molecule has 3 aliphatic heterocycles. The Hall–Kier alpha value is -3.90. The van der Waals surface area contributed by atoms with E-state index in [0.29, 0.717) is 25.2 Å². The van der Waals surface area contributed by atoms with E-state index < -0.39 is 82.6 Å². The maximum Gasteiger partial charge on any atom is 0.519 e. The number of sulfonamides is 1. The summed E-state index contributed by atoms with van der Waals surface area (Å²) in [6.45, 7) is 2.55. The third-order valence-corrected chi connectivity index (χ3v) is 11.2. The number of likely N-dealkylation sites (N-methyl/N-ethyl adjacent to an activating group) is 1. The van der Waals surface area contributed by atoms with Crippen LogP contribution in [0.3, 0.4) is 0 Å². The second-order valence-electron chi connectivity index (χ2n) is 12.6. The summed E-state index contributed by atoms with van der Waals surface area (Å²) in [4.78, 5) is 55.9. The van der Waals surface area contributed by atoms with E-state index in [2.05, 4.69) is 10.6 Å². The fraction of sp³-hybridized carbons (Fsp3) is 0.613. The number of carbonyl (C=O) groups is 3. The van der Waals surface area contributed by atoms with Crippen LogP contribution in [0.4, 0.5) is 13.2 Å². The maximum absolute atomic E-state index is 14.3. The minimum absolute atomic E-state index is 0.0193. The number of para-hydroxylation sites is 1. The van der Waals surface area contributed by atoms with Gasteiger partial charge in [0, 0.05) is 31.1 Å². The van der Waals surface area contributed by atoms with Gasteiger partial charge in [0.2, 0.25) is 27.7 Å². The Bertz CT molecular complexity index is 1710. The van der Waals surface area contributed by atoms with Crippen molar-refractivity contribution < 1.29 is 49.5 Å². The quantitative estimate of drug-likeness (QED) is 0.370. The van der Waals surface area contributed by atoms with Crippen molar-refractivity contribution in [1.29, 1.82) is 0 Å². The summed E-state index contributed by atoms with van der Waals surface area (Å²) in [5, 5.41) is 5.63. The van der Waals surface area contributed by atoms with Gasteiger partial charge in [0.1, 0.15) is 23.6 Å². The Morgan fingerprint density at radius 3 is 2.49 bits per heavy atom. The Labute approximate surface area is 280 Å². The van der Waals surface area contributed by atoms with E-state index in [9.17, 15) is 40.8 Å². The fourth-order valence-corrected chi connectivity index (χ4v) is 7.98. The number of hydrogen-bond donors (Lipinski definition) is 2. The van der Waals surface area contributed by atoms with Crippen molar-refractivity contribution >= 4 is 27.7 Å². The molecule has 18 heteroatoms. The third kappa shape index (κ3) is 8.46. The first kappa shape index (κ1) is 36.4. The lowest BCUT2D eigenvalue weighted by Gasteiger charge is -2.39. The van der Waals surface area contributed by atoms with Crippen LogP contribution in [0, 0.1) is 6.92 Å². The van der Waals surface area contributed by atoms with Gasteiger partial charge in [-0.25, -0.2) is 13.2 Å². The number of fused-ring (bicyclic) bond motifs is 2. The number of benzene rings is 1. The van der Waals surface area contributed by atoms with Crippen LogP contribution >= 0.6 is 0 Å². The second kappa shape index (κ2) is 14.5. The summed E-state index contributed by atoms with van der Waals surface area (Å²) in [7, 11) is -2.95. The number of nitrogens with zero attached hydrogens (tertiary/aromatic N) is 3. The van der Waals surface area contributed by atoms with Gasteiger partial charge in [-0.15, -0.1) is 0 Å². The summed E-state index contributed by atoms with van der Waals surface area (Å²) in [5.74, 6) is -2.92. The molecule has 0 aliphatic carbocycles. The molecule has 1 aromatic carbocycles. The van der Waals surface area contributed by atoms with Crippen LogP contribution in [0.1, 0.15) is 62.2 Å². The molecule has 2 aromatic rings. The molecule has 2 fully saturated rings. The minimum atomic E-state index is -4.72. The Morgan fingerprint density at radius 2 is 1.80 bits per heavy atom. The van der Waals surface area contributed by atoms with Crippen molar-refractivity contribution in [1.82, 2.24) is 24.7 Å². The monoisotopic (exact) mass is 715 g/mol. The topological polar surface area (TPSA) is 172 Å². The Balaban J connectivity index is 1.37. The summed E-state index contributed by atoms with van der Waals surface area (Å²) in [5.41, 5.74) is 0.795.